The van der Waals surface area contributed by atoms with Crippen LogP contribution in [0.2, 0.25) is 0 Å². The highest BCUT2D eigenvalue weighted by atomic mass is 16.5. The zero-order valence-corrected chi connectivity index (χ0v) is 11.4. The Morgan fingerprint density at radius 2 is 1.95 bits per heavy atom. The van der Waals surface area contributed by atoms with Crippen LogP contribution in [0.5, 0.6) is 5.75 Å². The van der Waals surface area contributed by atoms with Crippen molar-refractivity contribution in [3.05, 3.63) is 29.8 Å². The van der Waals surface area contributed by atoms with Crippen LogP contribution >= 0.6 is 0 Å². The van der Waals surface area contributed by atoms with Crippen molar-refractivity contribution in [2.24, 2.45) is 5.73 Å². The summed E-state index contributed by atoms with van der Waals surface area (Å²) in [5.41, 5.74) is 7.57. The third-order valence-corrected chi connectivity index (χ3v) is 4.39. The fraction of sp³-hybridized carbons (Fsp3) is 0.600. The topological polar surface area (TPSA) is 47.7 Å². The fourth-order valence-electron chi connectivity index (χ4n) is 3.11. The number of rotatable bonds is 2. The Hall–Kier alpha value is -1.10. The van der Waals surface area contributed by atoms with Crippen molar-refractivity contribution < 1.29 is 9.47 Å². The van der Waals surface area contributed by atoms with E-state index in [4.69, 9.17) is 15.2 Å². The van der Waals surface area contributed by atoms with Crippen LogP contribution in [0.25, 0.3) is 0 Å². The van der Waals surface area contributed by atoms with Crippen molar-refractivity contribution >= 4 is 0 Å². The van der Waals surface area contributed by atoms with Gasteiger partial charge in [0.05, 0.1) is 12.1 Å². The van der Waals surface area contributed by atoms with Crippen molar-refractivity contribution in [2.75, 3.05) is 26.9 Å². The number of hydrogen-bond acceptors (Lipinski definition) is 4. The molecule has 2 aliphatic heterocycles. The number of ether oxygens (including phenoxy) is 2. The summed E-state index contributed by atoms with van der Waals surface area (Å²) in [4.78, 5) is 2.39. The maximum absolute atomic E-state index is 6.45. The van der Waals surface area contributed by atoms with E-state index in [0.717, 1.165) is 37.4 Å². The number of fused-ring (bicyclic) bond motifs is 1. The second-order valence-electron chi connectivity index (χ2n) is 5.45. The zero-order valence-electron chi connectivity index (χ0n) is 11.4. The molecule has 2 N–H and O–H groups in total. The number of benzene rings is 1. The van der Waals surface area contributed by atoms with Gasteiger partial charge in [0.25, 0.3) is 0 Å². The summed E-state index contributed by atoms with van der Waals surface area (Å²) in [6, 6.07) is 8.92. The molecule has 2 atom stereocenters. The predicted octanol–water partition coefficient (Wildman–Crippen LogP) is 1.56. The average molecular weight is 262 g/mol. The van der Waals surface area contributed by atoms with Crippen LogP contribution < -0.4 is 10.5 Å². The van der Waals surface area contributed by atoms with Crippen LogP contribution in [-0.2, 0) is 4.74 Å². The van der Waals surface area contributed by atoms with E-state index in [9.17, 15) is 0 Å². The Labute approximate surface area is 114 Å². The second-order valence-corrected chi connectivity index (χ2v) is 5.45. The molecule has 0 amide bonds. The quantitative estimate of drug-likeness (QED) is 0.878. The Morgan fingerprint density at radius 1 is 1.21 bits per heavy atom. The molecule has 19 heavy (non-hydrogen) atoms. The van der Waals surface area contributed by atoms with Gasteiger partial charge in [0.15, 0.2) is 0 Å². The van der Waals surface area contributed by atoms with Crippen molar-refractivity contribution in [3.63, 3.8) is 0 Å². The summed E-state index contributed by atoms with van der Waals surface area (Å²) < 4.78 is 11.3. The molecule has 0 spiro atoms. The molecule has 0 bridgehead atoms. The first-order valence-electron chi connectivity index (χ1n) is 7.04. The molecule has 0 aromatic heterocycles. The van der Waals surface area contributed by atoms with Crippen LogP contribution in [-0.4, -0.2) is 43.9 Å². The van der Waals surface area contributed by atoms with Gasteiger partial charge in [-0.25, -0.2) is 0 Å². The van der Waals surface area contributed by atoms with Gasteiger partial charge in [-0.3, -0.25) is 4.90 Å². The standard InChI is InChI=1S/C15H22N2O2/c1-17(11-6-8-18-9-7-11)13-10-19-14-5-3-2-4-12(14)15(13)16/h2-5,11,13,15H,6-10,16H2,1H3. The molecule has 104 valence electrons. The van der Waals surface area contributed by atoms with E-state index in [1.807, 2.05) is 18.2 Å². The molecule has 2 heterocycles. The molecule has 4 heteroatoms. The van der Waals surface area contributed by atoms with Gasteiger partial charge >= 0.3 is 0 Å². The van der Waals surface area contributed by atoms with Crippen LogP contribution in [0.1, 0.15) is 24.4 Å². The highest BCUT2D eigenvalue weighted by Crippen LogP contribution is 2.33. The average Bonchev–Trinajstić information content (AvgIpc) is 2.48. The zero-order chi connectivity index (χ0) is 13.2. The van der Waals surface area contributed by atoms with Gasteiger partial charge in [0.2, 0.25) is 0 Å². The molecule has 1 fully saturated rings. The van der Waals surface area contributed by atoms with Crippen molar-refractivity contribution in [1.82, 2.24) is 4.90 Å². The molecule has 0 radical (unpaired) electrons. The molecular formula is C15H22N2O2. The minimum atomic E-state index is 0.0257. The number of hydrogen-bond donors (Lipinski definition) is 1. The van der Waals surface area contributed by atoms with E-state index in [2.05, 4.69) is 18.0 Å². The predicted molar refractivity (Wildman–Crippen MR) is 74.3 cm³/mol. The molecule has 1 aromatic rings. The SMILES string of the molecule is CN(C1CCOCC1)C1COc2ccccc2C1N. The minimum absolute atomic E-state index is 0.0257. The third-order valence-electron chi connectivity index (χ3n) is 4.39. The van der Waals surface area contributed by atoms with Gasteiger partial charge in [-0.2, -0.15) is 0 Å². The van der Waals surface area contributed by atoms with E-state index in [0.29, 0.717) is 12.6 Å². The largest absolute Gasteiger partial charge is 0.492 e. The van der Waals surface area contributed by atoms with Gasteiger partial charge in [-0.05, 0) is 26.0 Å². The molecule has 1 saturated heterocycles. The lowest BCUT2D eigenvalue weighted by molar-refractivity contribution is 0.00946. The van der Waals surface area contributed by atoms with Crippen LogP contribution in [0, 0.1) is 0 Å². The Morgan fingerprint density at radius 3 is 2.74 bits per heavy atom. The number of para-hydroxylation sites is 1. The summed E-state index contributed by atoms with van der Waals surface area (Å²) in [5.74, 6) is 0.937. The number of nitrogens with two attached hydrogens (primary N) is 1. The first-order valence-corrected chi connectivity index (χ1v) is 7.04. The second kappa shape index (κ2) is 5.49. The molecule has 2 unspecified atom stereocenters. The molecular weight excluding hydrogens is 240 g/mol. The van der Waals surface area contributed by atoms with Gasteiger partial charge in [-0.1, -0.05) is 18.2 Å². The van der Waals surface area contributed by atoms with E-state index in [-0.39, 0.29) is 12.1 Å². The monoisotopic (exact) mass is 262 g/mol. The van der Waals surface area contributed by atoms with Gasteiger partial charge in [0, 0.05) is 24.8 Å². The highest BCUT2D eigenvalue weighted by molar-refractivity contribution is 5.38. The highest BCUT2D eigenvalue weighted by Gasteiger charge is 2.34. The van der Waals surface area contributed by atoms with E-state index >= 15 is 0 Å². The van der Waals surface area contributed by atoms with Crippen molar-refractivity contribution in [1.29, 1.82) is 0 Å². The van der Waals surface area contributed by atoms with E-state index in [1.165, 1.54) is 0 Å². The smallest absolute Gasteiger partial charge is 0.124 e. The first-order chi connectivity index (χ1) is 9.27. The van der Waals surface area contributed by atoms with E-state index < -0.39 is 0 Å². The summed E-state index contributed by atoms with van der Waals surface area (Å²) in [5, 5.41) is 0. The van der Waals surface area contributed by atoms with Crippen LogP contribution in [0.15, 0.2) is 24.3 Å². The number of nitrogens with zero attached hydrogens (tertiary/aromatic N) is 1. The van der Waals surface area contributed by atoms with Crippen LogP contribution in [0.3, 0.4) is 0 Å². The maximum atomic E-state index is 6.45. The van der Waals surface area contributed by atoms with Gasteiger partial charge in [0.1, 0.15) is 12.4 Å². The summed E-state index contributed by atoms with van der Waals surface area (Å²) in [7, 11) is 2.16. The first kappa shape index (κ1) is 12.9. The Bertz CT molecular complexity index is 432. The lowest BCUT2D eigenvalue weighted by atomic mass is 9.94. The fourth-order valence-corrected chi connectivity index (χ4v) is 3.11. The normalized spacial score (nSPS) is 27.9. The Kier molecular flexibility index (Phi) is 3.73. The molecule has 0 saturated carbocycles. The third kappa shape index (κ3) is 2.48. The molecule has 2 aliphatic rings. The van der Waals surface area contributed by atoms with Gasteiger partial charge in [-0.15, -0.1) is 0 Å². The van der Waals surface area contributed by atoms with Gasteiger partial charge < -0.3 is 15.2 Å². The van der Waals surface area contributed by atoms with Crippen molar-refractivity contribution in [3.8, 4) is 5.75 Å². The summed E-state index contributed by atoms with van der Waals surface area (Å²) in [6.07, 6.45) is 2.17. The lowest BCUT2D eigenvalue weighted by Crippen LogP contribution is -2.52. The minimum Gasteiger partial charge on any atom is -0.492 e. The van der Waals surface area contributed by atoms with E-state index in [1.54, 1.807) is 0 Å². The summed E-state index contributed by atoms with van der Waals surface area (Å²) in [6.45, 7) is 2.38. The van der Waals surface area contributed by atoms with Crippen molar-refractivity contribution in [2.45, 2.75) is 31.0 Å². The maximum Gasteiger partial charge on any atom is 0.124 e. The lowest BCUT2D eigenvalue weighted by Gasteiger charge is -2.42. The molecule has 0 aliphatic carbocycles. The molecule has 3 rings (SSSR count). The van der Waals surface area contributed by atoms with Crippen LogP contribution in [0.4, 0.5) is 0 Å². The molecule has 4 nitrogen and oxygen atoms in total. The summed E-state index contributed by atoms with van der Waals surface area (Å²) >= 11 is 0. The number of likely N-dealkylation sites (N-methyl/N-ethyl adjacent to an activating group) is 1. The Balaban J connectivity index is 1.75. The molecule has 1 aromatic carbocycles.